The normalized spacial score (nSPS) is 25.2. The van der Waals surface area contributed by atoms with E-state index in [2.05, 4.69) is 19.8 Å². The Labute approximate surface area is 79.7 Å². The van der Waals surface area contributed by atoms with Crippen LogP contribution in [0.1, 0.15) is 33.1 Å². The average Bonchev–Trinajstić information content (AvgIpc) is 2.41. The summed E-state index contributed by atoms with van der Waals surface area (Å²) in [6.07, 6.45) is 8.17. The Kier molecular flexibility index (Phi) is 2.98. The summed E-state index contributed by atoms with van der Waals surface area (Å²) in [5.41, 5.74) is 0.0890. The third-order valence-corrected chi connectivity index (χ3v) is 2.84. The highest BCUT2D eigenvalue weighted by atomic mass is 16.5. The molecule has 1 rings (SSSR count). The molecular formula is C11H16O2. The third kappa shape index (κ3) is 2.24. The molecule has 72 valence electrons. The van der Waals surface area contributed by atoms with Gasteiger partial charge in [-0.05, 0) is 18.3 Å². The van der Waals surface area contributed by atoms with Gasteiger partial charge >= 0.3 is 5.97 Å². The average molecular weight is 180 g/mol. The van der Waals surface area contributed by atoms with E-state index >= 15 is 0 Å². The van der Waals surface area contributed by atoms with E-state index in [0.717, 1.165) is 19.3 Å². The molecule has 0 heterocycles. The van der Waals surface area contributed by atoms with Gasteiger partial charge in [-0.1, -0.05) is 26.2 Å². The first-order chi connectivity index (χ1) is 6.08. The Morgan fingerprint density at radius 1 is 1.69 bits per heavy atom. The van der Waals surface area contributed by atoms with E-state index in [4.69, 9.17) is 11.2 Å². The second-order valence-corrected chi connectivity index (χ2v) is 4.25. The van der Waals surface area contributed by atoms with E-state index in [0.29, 0.717) is 0 Å². The van der Waals surface area contributed by atoms with Crippen LogP contribution in [0.2, 0.25) is 0 Å². The maximum Gasteiger partial charge on any atom is 0.310 e. The van der Waals surface area contributed by atoms with Gasteiger partial charge in [0.1, 0.15) is 0 Å². The van der Waals surface area contributed by atoms with Crippen molar-refractivity contribution in [3.63, 3.8) is 0 Å². The van der Waals surface area contributed by atoms with Crippen LogP contribution in [0.4, 0.5) is 0 Å². The van der Waals surface area contributed by atoms with Gasteiger partial charge in [0.15, 0.2) is 6.61 Å². The lowest BCUT2D eigenvalue weighted by Crippen LogP contribution is -2.27. The van der Waals surface area contributed by atoms with Crippen molar-refractivity contribution in [1.82, 2.24) is 0 Å². The van der Waals surface area contributed by atoms with Crippen molar-refractivity contribution in [1.29, 1.82) is 0 Å². The van der Waals surface area contributed by atoms with E-state index in [9.17, 15) is 4.79 Å². The number of hydrogen-bond donors (Lipinski definition) is 0. The first-order valence-electron chi connectivity index (χ1n) is 4.68. The number of hydrogen-bond acceptors (Lipinski definition) is 2. The van der Waals surface area contributed by atoms with Crippen molar-refractivity contribution >= 4 is 5.97 Å². The van der Waals surface area contributed by atoms with Gasteiger partial charge in [-0.25, -0.2) is 0 Å². The molecule has 0 aromatic carbocycles. The fraction of sp³-hybridized carbons (Fsp3) is 0.727. The summed E-state index contributed by atoms with van der Waals surface area (Å²) in [4.78, 5) is 11.5. The maximum atomic E-state index is 11.5. The molecule has 13 heavy (non-hydrogen) atoms. The minimum Gasteiger partial charge on any atom is -0.452 e. The summed E-state index contributed by atoms with van der Waals surface area (Å²) >= 11 is 0. The molecule has 1 unspecified atom stereocenters. The molecule has 0 radical (unpaired) electrons. The maximum absolute atomic E-state index is 11.5. The molecule has 0 spiro atoms. The molecule has 0 saturated heterocycles. The molecule has 1 aliphatic carbocycles. The van der Waals surface area contributed by atoms with Gasteiger partial charge in [0, 0.05) is 0 Å². The largest absolute Gasteiger partial charge is 0.452 e. The van der Waals surface area contributed by atoms with Crippen molar-refractivity contribution in [2.45, 2.75) is 33.1 Å². The Bertz CT molecular complexity index is 235. The van der Waals surface area contributed by atoms with Crippen LogP contribution in [0.25, 0.3) is 0 Å². The predicted octanol–water partition coefficient (Wildman–Crippen LogP) is 1.99. The van der Waals surface area contributed by atoms with Crippen molar-refractivity contribution in [3.8, 4) is 12.3 Å². The molecule has 1 fully saturated rings. The first kappa shape index (κ1) is 10.1. The van der Waals surface area contributed by atoms with Crippen molar-refractivity contribution in [2.75, 3.05) is 6.61 Å². The van der Waals surface area contributed by atoms with E-state index in [1.54, 1.807) is 0 Å². The molecule has 0 aliphatic heterocycles. The molecule has 1 saturated carbocycles. The zero-order chi connectivity index (χ0) is 9.90. The van der Waals surface area contributed by atoms with Crippen LogP contribution in [0.3, 0.4) is 0 Å². The molecule has 0 N–H and O–H groups in total. The van der Waals surface area contributed by atoms with Gasteiger partial charge < -0.3 is 4.74 Å². The van der Waals surface area contributed by atoms with Gasteiger partial charge in [-0.3, -0.25) is 4.79 Å². The summed E-state index contributed by atoms with van der Waals surface area (Å²) in [6.45, 7) is 4.33. The lowest BCUT2D eigenvalue weighted by atomic mass is 9.82. The molecule has 0 aromatic heterocycles. The fourth-order valence-electron chi connectivity index (χ4n) is 1.98. The highest BCUT2D eigenvalue weighted by molar-refractivity contribution is 5.73. The Morgan fingerprint density at radius 2 is 2.38 bits per heavy atom. The van der Waals surface area contributed by atoms with Gasteiger partial charge in [-0.15, -0.1) is 6.42 Å². The van der Waals surface area contributed by atoms with Gasteiger partial charge in [0.2, 0.25) is 0 Å². The molecule has 1 atom stereocenters. The molecule has 1 aliphatic rings. The van der Waals surface area contributed by atoms with E-state index in [1.807, 2.05) is 0 Å². The van der Waals surface area contributed by atoms with Crippen molar-refractivity contribution < 1.29 is 9.53 Å². The minimum absolute atomic E-state index is 0.0425. The lowest BCUT2D eigenvalue weighted by molar-refractivity contribution is -0.150. The SMILES string of the molecule is C#CCOC(=O)C1CCCC1(C)C. The second-order valence-electron chi connectivity index (χ2n) is 4.25. The first-order valence-corrected chi connectivity index (χ1v) is 4.68. The predicted molar refractivity (Wildman–Crippen MR) is 50.9 cm³/mol. The molecule has 0 bridgehead atoms. The van der Waals surface area contributed by atoms with Crippen molar-refractivity contribution in [2.24, 2.45) is 11.3 Å². The molecule has 2 nitrogen and oxygen atoms in total. The van der Waals surface area contributed by atoms with E-state index < -0.39 is 0 Å². The quantitative estimate of drug-likeness (QED) is 0.480. The summed E-state index contributed by atoms with van der Waals surface area (Å²) in [6, 6.07) is 0. The fourth-order valence-corrected chi connectivity index (χ4v) is 1.98. The van der Waals surface area contributed by atoms with Crippen LogP contribution < -0.4 is 0 Å². The Balaban J connectivity index is 2.52. The number of carbonyl (C=O) groups is 1. The van der Waals surface area contributed by atoms with Gasteiger partial charge in [0.05, 0.1) is 5.92 Å². The number of terminal acetylenes is 1. The van der Waals surface area contributed by atoms with Crippen LogP contribution in [0, 0.1) is 23.7 Å². The number of rotatable bonds is 2. The smallest absolute Gasteiger partial charge is 0.310 e. The second kappa shape index (κ2) is 3.83. The van der Waals surface area contributed by atoms with Crippen molar-refractivity contribution in [3.05, 3.63) is 0 Å². The third-order valence-electron chi connectivity index (χ3n) is 2.84. The molecule has 0 aromatic rings. The number of esters is 1. The highest BCUT2D eigenvalue weighted by Crippen LogP contribution is 2.43. The van der Waals surface area contributed by atoms with E-state index in [1.165, 1.54) is 0 Å². The molecule has 2 heteroatoms. The van der Waals surface area contributed by atoms with Gasteiger partial charge in [-0.2, -0.15) is 0 Å². The minimum atomic E-state index is -0.125. The monoisotopic (exact) mass is 180 g/mol. The Morgan fingerprint density at radius 3 is 2.85 bits per heavy atom. The standard InChI is InChI=1S/C11H16O2/c1-4-8-13-10(12)9-6-5-7-11(9,2)3/h1,9H,5-8H2,2-3H3. The topological polar surface area (TPSA) is 26.3 Å². The lowest BCUT2D eigenvalue weighted by Gasteiger charge is -2.24. The molecular weight excluding hydrogens is 164 g/mol. The zero-order valence-electron chi connectivity index (χ0n) is 8.30. The number of ether oxygens (including phenoxy) is 1. The highest BCUT2D eigenvalue weighted by Gasteiger charge is 2.40. The van der Waals surface area contributed by atoms with Crippen LogP contribution in [-0.4, -0.2) is 12.6 Å². The zero-order valence-corrected chi connectivity index (χ0v) is 8.30. The molecule has 0 amide bonds. The van der Waals surface area contributed by atoms with Crippen LogP contribution in [0.15, 0.2) is 0 Å². The van der Waals surface area contributed by atoms with Crippen LogP contribution in [-0.2, 0) is 9.53 Å². The summed E-state index contributed by atoms with van der Waals surface area (Å²) in [5, 5.41) is 0. The Hall–Kier alpha value is -0.970. The van der Waals surface area contributed by atoms with Crippen LogP contribution >= 0.6 is 0 Å². The summed E-state index contributed by atoms with van der Waals surface area (Å²) in [5.74, 6) is 2.22. The van der Waals surface area contributed by atoms with E-state index in [-0.39, 0.29) is 23.9 Å². The number of carbonyl (C=O) groups excluding carboxylic acids is 1. The summed E-state index contributed by atoms with van der Waals surface area (Å²) < 4.78 is 4.94. The summed E-state index contributed by atoms with van der Waals surface area (Å²) in [7, 11) is 0. The van der Waals surface area contributed by atoms with Crippen LogP contribution in [0.5, 0.6) is 0 Å². The van der Waals surface area contributed by atoms with Gasteiger partial charge in [0.25, 0.3) is 0 Å².